The van der Waals surface area contributed by atoms with Crippen LogP contribution in [0, 0.1) is 0 Å². The Balaban J connectivity index is 2.40. The highest BCUT2D eigenvalue weighted by Crippen LogP contribution is 2.26. The van der Waals surface area contributed by atoms with E-state index < -0.39 is 0 Å². The number of allylic oxidation sites excluding steroid dienone is 4. The second-order valence-corrected chi connectivity index (χ2v) is 3.35. The minimum Gasteiger partial charge on any atom is -0.299 e. The van der Waals surface area contributed by atoms with Crippen molar-refractivity contribution in [3.63, 3.8) is 0 Å². The maximum absolute atomic E-state index is 10.2. The monoisotopic (exact) mass is 184 g/mol. The van der Waals surface area contributed by atoms with Crippen LogP contribution in [0.1, 0.15) is 17.5 Å². The highest BCUT2D eigenvalue weighted by atomic mass is 16.1. The molecule has 0 heterocycles. The van der Waals surface area contributed by atoms with E-state index in [0.29, 0.717) is 0 Å². The number of aldehydes is 1. The molecular weight excluding hydrogens is 172 g/mol. The summed E-state index contributed by atoms with van der Waals surface area (Å²) < 4.78 is 0. The third-order valence-electron chi connectivity index (χ3n) is 2.46. The largest absolute Gasteiger partial charge is 0.299 e. The molecular formula is C13H12O. The van der Waals surface area contributed by atoms with Gasteiger partial charge in [-0.25, -0.2) is 0 Å². The molecule has 0 aliphatic heterocycles. The molecule has 1 nitrogen and oxygen atoms in total. The lowest BCUT2D eigenvalue weighted by Gasteiger charge is -2.14. The van der Waals surface area contributed by atoms with Crippen molar-refractivity contribution in [3.05, 3.63) is 53.6 Å². The van der Waals surface area contributed by atoms with Crippen LogP contribution in [-0.4, -0.2) is 6.29 Å². The van der Waals surface area contributed by atoms with Crippen molar-refractivity contribution in [2.24, 2.45) is 0 Å². The Morgan fingerprint density at radius 3 is 2.93 bits per heavy atom. The summed E-state index contributed by atoms with van der Waals surface area (Å²) in [7, 11) is 0. The third-order valence-corrected chi connectivity index (χ3v) is 2.46. The Bertz CT molecular complexity index is 399. The average Bonchev–Trinajstić information content (AvgIpc) is 2.26. The van der Waals surface area contributed by atoms with Crippen LogP contribution >= 0.6 is 0 Å². The van der Waals surface area contributed by atoms with Crippen molar-refractivity contribution in [3.8, 4) is 0 Å². The molecule has 0 amide bonds. The maximum atomic E-state index is 10.2. The highest BCUT2D eigenvalue weighted by molar-refractivity contribution is 5.81. The van der Waals surface area contributed by atoms with Crippen LogP contribution in [0.15, 0.2) is 42.5 Å². The second kappa shape index (κ2) is 4.05. The van der Waals surface area contributed by atoms with Gasteiger partial charge in [-0.3, -0.25) is 4.79 Å². The SMILES string of the molecule is O=CC=CC1=CCCc2ccccc21. The van der Waals surface area contributed by atoms with Gasteiger partial charge >= 0.3 is 0 Å². The number of hydrogen-bond donors (Lipinski definition) is 0. The smallest absolute Gasteiger partial charge is 0.142 e. The van der Waals surface area contributed by atoms with E-state index in [1.807, 2.05) is 12.1 Å². The summed E-state index contributed by atoms with van der Waals surface area (Å²) in [5.74, 6) is 0. The van der Waals surface area contributed by atoms with E-state index in [2.05, 4.69) is 24.3 Å². The molecule has 2 rings (SSSR count). The maximum Gasteiger partial charge on any atom is 0.142 e. The number of carbonyl (C=O) groups is 1. The average molecular weight is 184 g/mol. The molecule has 14 heavy (non-hydrogen) atoms. The lowest BCUT2D eigenvalue weighted by molar-refractivity contribution is -0.104. The summed E-state index contributed by atoms with van der Waals surface area (Å²) in [5, 5.41) is 0. The Morgan fingerprint density at radius 2 is 2.07 bits per heavy atom. The molecule has 0 N–H and O–H groups in total. The van der Waals surface area contributed by atoms with Crippen LogP contribution in [0.3, 0.4) is 0 Å². The number of carbonyl (C=O) groups excluding carboxylic acids is 1. The zero-order valence-corrected chi connectivity index (χ0v) is 7.94. The van der Waals surface area contributed by atoms with Crippen molar-refractivity contribution in [1.82, 2.24) is 0 Å². The Kier molecular flexibility index (Phi) is 2.59. The summed E-state index contributed by atoms with van der Waals surface area (Å²) in [4.78, 5) is 10.2. The minimum absolute atomic E-state index is 0.818. The highest BCUT2D eigenvalue weighted by Gasteiger charge is 2.08. The van der Waals surface area contributed by atoms with Crippen LogP contribution in [-0.2, 0) is 11.2 Å². The first-order valence-corrected chi connectivity index (χ1v) is 4.82. The van der Waals surface area contributed by atoms with Crippen LogP contribution < -0.4 is 0 Å². The van der Waals surface area contributed by atoms with Crippen molar-refractivity contribution in [2.75, 3.05) is 0 Å². The van der Waals surface area contributed by atoms with E-state index in [4.69, 9.17) is 0 Å². The molecule has 1 heteroatoms. The lowest BCUT2D eigenvalue weighted by atomic mass is 9.91. The molecule has 0 bridgehead atoms. The molecule has 1 aromatic carbocycles. The number of aryl methyl sites for hydroxylation is 1. The van der Waals surface area contributed by atoms with E-state index in [-0.39, 0.29) is 0 Å². The van der Waals surface area contributed by atoms with Gasteiger partial charge in [0.25, 0.3) is 0 Å². The molecule has 0 spiro atoms. The van der Waals surface area contributed by atoms with Crippen LogP contribution in [0.2, 0.25) is 0 Å². The molecule has 0 saturated carbocycles. The van der Waals surface area contributed by atoms with E-state index in [9.17, 15) is 4.79 Å². The predicted molar refractivity (Wildman–Crippen MR) is 57.9 cm³/mol. The lowest BCUT2D eigenvalue weighted by Crippen LogP contribution is -1.97. The first kappa shape index (κ1) is 8.95. The Morgan fingerprint density at radius 1 is 1.21 bits per heavy atom. The molecule has 0 atom stereocenters. The van der Waals surface area contributed by atoms with Gasteiger partial charge in [-0.2, -0.15) is 0 Å². The van der Waals surface area contributed by atoms with Crippen molar-refractivity contribution in [2.45, 2.75) is 12.8 Å². The van der Waals surface area contributed by atoms with Gasteiger partial charge in [0.2, 0.25) is 0 Å². The molecule has 0 aromatic heterocycles. The van der Waals surface area contributed by atoms with Gasteiger partial charge in [-0.1, -0.05) is 36.4 Å². The molecule has 1 aliphatic carbocycles. The molecule has 0 radical (unpaired) electrons. The van der Waals surface area contributed by atoms with Crippen LogP contribution in [0.5, 0.6) is 0 Å². The first-order chi connectivity index (χ1) is 6.92. The van der Waals surface area contributed by atoms with Crippen molar-refractivity contribution < 1.29 is 4.79 Å². The fraction of sp³-hybridized carbons (Fsp3) is 0.154. The molecule has 0 unspecified atom stereocenters. The first-order valence-electron chi connectivity index (χ1n) is 4.82. The summed E-state index contributed by atoms with van der Waals surface area (Å²) >= 11 is 0. The quantitative estimate of drug-likeness (QED) is 0.510. The molecule has 1 aromatic rings. The van der Waals surface area contributed by atoms with E-state index in [1.165, 1.54) is 16.7 Å². The second-order valence-electron chi connectivity index (χ2n) is 3.35. The summed E-state index contributed by atoms with van der Waals surface area (Å²) in [5.41, 5.74) is 3.80. The van der Waals surface area contributed by atoms with Gasteiger partial charge in [0.15, 0.2) is 0 Å². The van der Waals surface area contributed by atoms with E-state index in [1.54, 1.807) is 6.08 Å². The zero-order chi connectivity index (χ0) is 9.80. The standard InChI is InChI=1S/C13H12O/c14-10-4-8-12-7-3-6-11-5-1-2-9-13(11)12/h1-2,4-5,7-10H,3,6H2. The normalized spacial score (nSPS) is 15.0. The van der Waals surface area contributed by atoms with Gasteiger partial charge in [0.05, 0.1) is 0 Å². The number of benzene rings is 1. The summed E-state index contributed by atoms with van der Waals surface area (Å²) in [6.07, 6.45) is 8.60. The minimum atomic E-state index is 0.818. The topological polar surface area (TPSA) is 17.1 Å². The van der Waals surface area contributed by atoms with Gasteiger partial charge in [0.1, 0.15) is 6.29 Å². The van der Waals surface area contributed by atoms with Crippen molar-refractivity contribution in [1.29, 1.82) is 0 Å². The Hall–Kier alpha value is -1.63. The Labute approximate surface area is 83.8 Å². The number of fused-ring (bicyclic) bond motifs is 1. The predicted octanol–water partition coefficient (Wildman–Crippen LogP) is 2.77. The third kappa shape index (κ3) is 1.67. The number of hydrogen-bond acceptors (Lipinski definition) is 1. The number of rotatable bonds is 2. The van der Waals surface area contributed by atoms with E-state index >= 15 is 0 Å². The van der Waals surface area contributed by atoms with Gasteiger partial charge in [0, 0.05) is 0 Å². The van der Waals surface area contributed by atoms with E-state index in [0.717, 1.165) is 19.1 Å². The summed E-state index contributed by atoms with van der Waals surface area (Å²) in [6, 6.07) is 8.35. The molecule has 70 valence electrons. The van der Waals surface area contributed by atoms with Gasteiger partial charge in [-0.15, -0.1) is 0 Å². The fourth-order valence-corrected chi connectivity index (χ4v) is 1.81. The zero-order valence-electron chi connectivity index (χ0n) is 7.94. The van der Waals surface area contributed by atoms with Crippen LogP contribution in [0.4, 0.5) is 0 Å². The molecule has 0 saturated heterocycles. The van der Waals surface area contributed by atoms with Gasteiger partial charge in [-0.05, 0) is 35.6 Å². The van der Waals surface area contributed by atoms with Crippen molar-refractivity contribution >= 4 is 11.9 Å². The van der Waals surface area contributed by atoms with Crippen LogP contribution in [0.25, 0.3) is 5.57 Å². The van der Waals surface area contributed by atoms with Gasteiger partial charge < -0.3 is 0 Å². The fourth-order valence-electron chi connectivity index (χ4n) is 1.81. The molecule has 1 aliphatic rings. The summed E-state index contributed by atoms with van der Waals surface area (Å²) in [6.45, 7) is 0. The molecule has 0 fully saturated rings.